The van der Waals surface area contributed by atoms with Crippen molar-refractivity contribution in [1.29, 1.82) is 0 Å². The number of ether oxygens (including phenoxy) is 1. The van der Waals surface area contributed by atoms with Crippen LogP contribution < -0.4 is 4.74 Å². The molecule has 6 nitrogen and oxygen atoms in total. The smallest absolute Gasteiger partial charge is 0.243 e. The van der Waals surface area contributed by atoms with Gasteiger partial charge in [0.2, 0.25) is 10.0 Å². The summed E-state index contributed by atoms with van der Waals surface area (Å²) in [7, 11) is -2.09. The highest BCUT2D eigenvalue weighted by Crippen LogP contribution is 2.30. The standard InChI is InChI=1S/C16H24N2O4S/c1-22-14-5-4-6-15(11-14)23(20,21)18-10-7-16(19,13-18)12-17-8-2-3-9-17/h4-6,11,19H,2-3,7-10,12-13H2,1H3/t16-/m0/s1. The summed E-state index contributed by atoms with van der Waals surface area (Å²) in [5.41, 5.74) is -0.948. The van der Waals surface area contributed by atoms with E-state index in [1.807, 2.05) is 0 Å². The minimum Gasteiger partial charge on any atom is -0.497 e. The second kappa shape index (κ2) is 6.39. The summed E-state index contributed by atoms with van der Waals surface area (Å²) >= 11 is 0. The third-order valence-corrected chi connectivity index (χ3v) is 6.53. The van der Waals surface area contributed by atoms with Crippen molar-refractivity contribution in [3.05, 3.63) is 24.3 Å². The molecule has 1 aromatic carbocycles. The Bertz CT molecular complexity index is 658. The number of aliphatic hydroxyl groups is 1. The highest BCUT2D eigenvalue weighted by molar-refractivity contribution is 7.89. The van der Waals surface area contributed by atoms with Gasteiger partial charge < -0.3 is 14.7 Å². The van der Waals surface area contributed by atoms with E-state index in [1.54, 1.807) is 18.2 Å². The highest BCUT2D eigenvalue weighted by Gasteiger charge is 2.42. The van der Waals surface area contributed by atoms with Crippen LogP contribution >= 0.6 is 0 Å². The molecule has 0 radical (unpaired) electrons. The fourth-order valence-electron chi connectivity index (χ4n) is 3.42. The molecular formula is C16H24N2O4S. The van der Waals surface area contributed by atoms with Gasteiger partial charge >= 0.3 is 0 Å². The SMILES string of the molecule is COc1cccc(S(=O)(=O)N2CC[C@](O)(CN3CCCC3)C2)c1. The molecule has 1 atom stereocenters. The Morgan fingerprint density at radius 3 is 2.70 bits per heavy atom. The van der Waals surface area contributed by atoms with E-state index >= 15 is 0 Å². The zero-order valence-electron chi connectivity index (χ0n) is 13.4. The molecule has 2 heterocycles. The monoisotopic (exact) mass is 340 g/mol. The van der Waals surface area contributed by atoms with Gasteiger partial charge in [0.05, 0.1) is 17.6 Å². The summed E-state index contributed by atoms with van der Waals surface area (Å²) in [5.74, 6) is 0.512. The Kier molecular flexibility index (Phi) is 4.64. The first-order valence-corrected chi connectivity index (χ1v) is 9.46. The summed E-state index contributed by atoms with van der Waals surface area (Å²) in [4.78, 5) is 2.43. The Labute approximate surface area is 137 Å². The maximum Gasteiger partial charge on any atom is 0.243 e. The molecule has 0 aliphatic carbocycles. The predicted octanol–water partition coefficient (Wildman–Crippen LogP) is 0.916. The quantitative estimate of drug-likeness (QED) is 0.863. The maximum absolute atomic E-state index is 12.8. The molecule has 2 aliphatic heterocycles. The van der Waals surface area contributed by atoms with Gasteiger partial charge in [0.15, 0.2) is 0 Å². The lowest BCUT2D eigenvalue weighted by Crippen LogP contribution is -2.45. The molecule has 0 spiro atoms. The molecular weight excluding hydrogens is 316 g/mol. The molecule has 0 aromatic heterocycles. The summed E-state index contributed by atoms with van der Waals surface area (Å²) in [6.45, 7) is 3.04. The second-order valence-corrected chi connectivity index (χ2v) is 8.41. The molecule has 0 amide bonds. The van der Waals surface area contributed by atoms with Crippen LogP contribution in [0.2, 0.25) is 0 Å². The van der Waals surface area contributed by atoms with Crippen molar-refractivity contribution in [2.24, 2.45) is 0 Å². The lowest BCUT2D eigenvalue weighted by atomic mass is 10.0. The van der Waals surface area contributed by atoms with Crippen LogP contribution in [0.15, 0.2) is 29.2 Å². The molecule has 3 rings (SSSR count). The average molecular weight is 340 g/mol. The maximum atomic E-state index is 12.8. The molecule has 23 heavy (non-hydrogen) atoms. The minimum atomic E-state index is -3.60. The van der Waals surface area contributed by atoms with Crippen LogP contribution in [0, 0.1) is 0 Å². The lowest BCUT2D eigenvalue weighted by Gasteiger charge is -2.28. The first-order valence-electron chi connectivity index (χ1n) is 8.02. The number of benzene rings is 1. The Morgan fingerprint density at radius 2 is 2.00 bits per heavy atom. The topological polar surface area (TPSA) is 70.1 Å². The summed E-state index contributed by atoms with van der Waals surface area (Å²) in [6, 6.07) is 6.47. The number of methoxy groups -OCH3 is 1. The third kappa shape index (κ3) is 3.52. The normalized spacial score (nSPS) is 26.7. The van der Waals surface area contributed by atoms with E-state index in [9.17, 15) is 13.5 Å². The molecule has 128 valence electrons. The molecule has 2 saturated heterocycles. The van der Waals surface area contributed by atoms with Crippen molar-refractivity contribution >= 4 is 10.0 Å². The third-order valence-electron chi connectivity index (χ3n) is 4.69. The van der Waals surface area contributed by atoms with Crippen molar-refractivity contribution < 1.29 is 18.3 Å². The fraction of sp³-hybridized carbons (Fsp3) is 0.625. The van der Waals surface area contributed by atoms with Gasteiger partial charge in [-0.2, -0.15) is 4.31 Å². The number of hydrogen-bond donors (Lipinski definition) is 1. The van der Waals surface area contributed by atoms with E-state index in [-0.39, 0.29) is 11.4 Å². The van der Waals surface area contributed by atoms with Crippen molar-refractivity contribution in [3.8, 4) is 5.75 Å². The van der Waals surface area contributed by atoms with Crippen molar-refractivity contribution in [3.63, 3.8) is 0 Å². The second-order valence-electron chi connectivity index (χ2n) is 6.48. The van der Waals surface area contributed by atoms with Gasteiger partial charge in [-0.05, 0) is 44.5 Å². The van der Waals surface area contributed by atoms with E-state index in [0.29, 0.717) is 25.3 Å². The first-order chi connectivity index (χ1) is 10.9. The van der Waals surface area contributed by atoms with E-state index in [4.69, 9.17) is 4.74 Å². The molecule has 0 unspecified atom stereocenters. The number of nitrogens with zero attached hydrogens (tertiary/aromatic N) is 2. The van der Waals surface area contributed by atoms with Crippen LogP contribution in [0.5, 0.6) is 5.75 Å². The molecule has 7 heteroatoms. The zero-order chi connectivity index (χ0) is 16.5. The molecule has 0 saturated carbocycles. The van der Waals surface area contributed by atoms with Gasteiger partial charge in [0.25, 0.3) is 0 Å². The summed E-state index contributed by atoms with van der Waals surface area (Å²) in [5, 5.41) is 10.8. The number of hydrogen-bond acceptors (Lipinski definition) is 5. The summed E-state index contributed by atoms with van der Waals surface area (Å²) < 4.78 is 32.0. The minimum absolute atomic E-state index is 0.156. The molecule has 1 N–H and O–H groups in total. The van der Waals surface area contributed by atoms with Crippen molar-refractivity contribution in [1.82, 2.24) is 9.21 Å². The number of rotatable bonds is 5. The van der Waals surface area contributed by atoms with E-state index in [1.165, 1.54) is 17.5 Å². The van der Waals surface area contributed by atoms with E-state index in [2.05, 4.69) is 4.90 Å². The molecule has 1 aromatic rings. The van der Waals surface area contributed by atoms with Crippen LogP contribution in [0.1, 0.15) is 19.3 Å². The number of likely N-dealkylation sites (tertiary alicyclic amines) is 1. The highest BCUT2D eigenvalue weighted by atomic mass is 32.2. The van der Waals surface area contributed by atoms with Crippen LogP contribution in [0.25, 0.3) is 0 Å². The fourth-order valence-corrected chi connectivity index (χ4v) is 4.98. The number of sulfonamides is 1. The van der Waals surface area contributed by atoms with Gasteiger partial charge in [0.1, 0.15) is 5.75 Å². The van der Waals surface area contributed by atoms with Gasteiger partial charge in [-0.15, -0.1) is 0 Å². The van der Waals surface area contributed by atoms with Crippen molar-refractivity contribution in [2.45, 2.75) is 29.8 Å². The Hall–Kier alpha value is -1.15. The Balaban J connectivity index is 1.73. The lowest BCUT2D eigenvalue weighted by molar-refractivity contribution is 0.0232. The van der Waals surface area contributed by atoms with Crippen LogP contribution in [-0.4, -0.2) is 68.2 Å². The Morgan fingerprint density at radius 1 is 1.26 bits per heavy atom. The van der Waals surface area contributed by atoms with Crippen LogP contribution in [0.4, 0.5) is 0 Å². The molecule has 2 fully saturated rings. The predicted molar refractivity (Wildman–Crippen MR) is 87.0 cm³/mol. The van der Waals surface area contributed by atoms with Gasteiger partial charge in [-0.25, -0.2) is 8.42 Å². The van der Waals surface area contributed by atoms with Gasteiger partial charge in [0, 0.05) is 25.7 Å². The van der Waals surface area contributed by atoms with Gasteiger partial charge in [-0.3, -0.25) is 0 Å². The van der Waals surface area contributed by atoms with E-state index < -0.39 is 15.6 Å². The van der Waals surface area contributed by atoms with Crippen molar-refractivity contribution in [2.75, 3.05) is 39.8 Å². The summed E-state index contributed by atoms with van der Waals surface area (Å²) in [6.07, 6.45) is 2.79. The van der Waals surface area contributed by atoms with E-state index in [0.717, 1.165) is 25.9 Å². The van der Waals surface area contributed by atoms with Crippen LogP contribution in [-0.2, 0) is 10.0 Å². The molecule has 0 bridgehead atoms. The number of β-amino-alcohol motifs (C(OH)–C–C–N with tert-alkyl or cyclic N) is 1. The van der Waals surface area contributed by atoms with Crippen LogP contribution in [0.3, 0.4) is 0 Å². The largest absolute Gasteiger partial charge is 0.497 e. The van der Waals surface area contributed by atoms with Gasteiger partial charge in [-0.1, -0.05) is 6.07 Å². The molecule has 2 aliphatic rings. The average Bonchev–Trinajstić information content (AvgIpc) is 3.17. The first kappa shape index (κ1) is 16.7. The zero-order valence-corrected chi connectivity index (χ0v) is 14.3.